The van der Waals surface area contributed by atoms with Crippen molar-refractivity contribution in [3.8, 4) is 11.3 Å². The van der Waals surface area contributed by atoms with E-state index < -0.39 is 10.0 Å². The molecule has 0 radical (unpaired) electrons. The predicted octanol–water partition coefficient (Wildman–Crippen LogP) is 1.84. The van der Waals surface area contributed by atoms with Crippen LogP contribution in [0.3, 0.4) is 0 Å². The number of nitrogens with zero attached hydrogens (tertiary/aromatic N) is 4. The van der Waals surface area contributed by atoms with Crippen molar-refractivity contribution >= 4 is 10.0 Å². The number of aryl methyl sites for hydroxylation is 3. The smallest absolute Gasteiger partial charge is 0.240 e. The Morgan fingerprint density at radius 3 is 2.65 bits per heavy atom. The van der Waals surface area contributed by atoms with Gasteiger partial charge in [-0.25, -0.2) is 27.8 Å². The molecule has 0 amide bonds. The maximum absolute atomic E-state index is 12.7. The molecule has 8 nitrogen and oxygen atoms in total. The first-order chi connectivity index (χ1) is 12.4. The molecule has 0 aliphatic carbocycles. The van der Waals surface area contributed by atoms with E-state index in [4.69, 9.17) is 4.42 Å². The highest BCUT2D eigenvalue weighted by molar-refractivity contribution is 7.89. The molecule has 0 saturated heterocycles. The standard InChI is InChI=1S/C17H19N5O3S/c1-11-18-17-8-5-14(9-22(17)20-11)21-26(23,24)15-6-3-13(4-7-15)16-10-25-12(2)19-16/h3-4,6-7,10,14,21H,5,8-9H2,1-2H3/t14-/m1/s1. The maximum Gasteiger partial charge on any atom is 0.240 e. The molecule has 1 aromatic carbocycles. The van der Waals surface area contributed by atoms with Gasteiger partial charge in [-0.05, 0) is 25.5 Å². The Balaban J connectivity index is 1.50. The molecule has 2 aromatic heterocycles. The summed E-state index contributed by atoms with van der Waals surface area (Å²) in [6.07, 6.45) is 2.96. The van der Waals surface area contributed by atoms with Gasteiger partial charge in [0.1, 0.15) is 23.6 Å². The third-order valence-electron chi connectivity index (χ3n) is 4.37. The zero-order valence-electron chi connectivity index (χ0n) is 14.5. The Labute approximate surface area is 151 Å². The van der Waals surface area contributed by atoms with Crippen LogP contribution in [0.2, 0.25) is 0 Å². The molecular weight excluding hydrogens is 354 g/mol. The topological polar surface area (TPSA) is 103 Å². The summed E-state index contributed by atoms with van der Waals surface area (Å²) in [5.41, 5.74) is 1.49. The Bertz CT molecular complexity index is 1040. The number of benzene rings is 1. The van der Waals surface area contributed by atoms with Crippen molar-refractivity contribution in [3.05, 3.63) is 48.1 Å². The predicted molar refractivity (Wildman–Crippen MR) is 93.9 cm³/mol. The largest absolute Gasteiger partial charge is 0.449 e. The maximum atomic E-state index is 12.7. The van der Waals surface area contributed by atoms with Crippen molar-refractivity contribution in [1.29, 1.82) is 0 Å². The van der Waals surface area contributed by atoms with Gasteiger partial charge in [0.15, 0.2) is 5.89 Å². The van der Waals surface area contributed by atoms with Crippen LogP contribution in [0.4, 0.5) is 0 Å². The fourth-order valence-electron chi connectivity index (χ4n) is 3.12. The van der Waals surface area contributed by atoms with Crippen LogP contribution in [0.25, 0.3) is 11.3 Å². The van der Waals surface area contributed by atoms with E-state index in [0.717, 1.165) is 11.4 Å². The molecule has 26 heavy (non-hydrogen) atoms. The number of oxazole rings is 1. The number of nitrogens with one attached hydrogen (secondary N) is 1. The minimum absolute atomic E-state index is 0.202. The second-order valence-corrected chi connectivity index (χ2v) is 8.10. The summed E-state index contributed by atoms with van der Waals surface area (Å²) < 4.78 is 35.1. The fourth-order valence-corrected chi connectivity index (χ4v) is 4.38. The Morgan fingerprint density at radius 2 is 1.96 bits per heavy atom. The summed E-state index contributed by atoms with van der Waals surface area (Å²) in [6, 6.07) is 6.41. The second kappa shape index (κ2) is 6.33. The van der Waals surface area contributed by atoms with Crippen LogP contribution < -0.4 is 4.72 Å². The second-order valence-electron chi connectivity index (χ2n) is 6.39. The number of aromatic nitrogens is 4. The van der Waals surface area contributed by atoms with E-state index in [-0.39, 0.29) is 10.9 Å². The number of sulfonamides is 1. The fraction of sp³-hybridized carbons (Fsp3) is 0.353. The van der Waals surface area contributed by atoms with Gasteiger partial charge in [0, 0.05) is 24.9 Å². The first-order valence-corrected chi connectivity index (χ1v) is 9.84. The lowest BCUT2D eigenvalue weighted by Crippen LogP contribution is -2.41. The average molecular weight is 373 g/mol. The van der Waals surface area contributed by atoms with Gasteiger partial charge in [-0.15, -0.1) is 0 Å². The van der Waals surface area contributed by atoms with E-state index in [1.807, 2.05) is 6.92 Å². The van der Waals surface area contributed by atoms with Crippen molar-refractivity contribution in [1.82, 2.24) is 24.5 Å². The SMILES string of the molecule is Cc1nc2n(n1)C[C@H](NS(=O)(=O)c1ccc(-c3coc(C)n3)cc1)CC2. The molecule has 1 N–H and O–H groups in total. The van der Waals surface area contributed by atoms with Crippen LogP contribution in [-0.2, 0) is 23.0 Å². The molecule has 0 spiro atoms. The van der Waals surface area contributed by atoms with Gasteiger partial charge in [-0.2, -0.15) is 5.10 Å². The number of rotatable bonds is 4. The number of fused-ring (bicyclic) bond motifs is 1. The molecule has 4 rings (SSSR count). The van der Waals surface area contributed by atoms with Gasteiger partial charge in [0.2, 0.25) is 10.0 Å². The Hall–Kier alpha value is -2.52. The lowest BCUT2D eigenvalue weighted by molar-refractivity contribution is 0.395. The van der Waals surface area contributed by atoms with Gasteiger partial charge >= 0.3 is 0 Å². The summed E-state index contributed by atoms with van der Waals surface area (Å²) in [7, 11) is -3.60. The first-order valence-electron chi connectivity index (χ1n) is 8.36. The summed E-state index contributed by atoms with van der Waals surface area (Å²) >= 11 is 0. The van der Waals surface area contributed by atoms with Crippen molar-refractivity contribution in [2.24, 2.45) is 0 Å². The van der Waals surface area contributed by atoms with Crippen LogP contribution in [0.15, 0.2) is 39.8 Å². The first kappa shape index (κ1) is 16.9. The number of hydrogen-bond donors (Lipinski definition) is 1. The zero-order chi connectivity index (χ0) is 18.3. The molecule has 3 heterocycles. The van der Waals surface area contributed by atoms with E-state index in [9.17, 15) is 8.42 Å². The normalized spacial score (nSPS) is 17.2. The highest BCUT2D eigenvalue weighted by atomic mass is 32.2. The summed E-state index contributed by atoms with van der Waals surface area (Å²) in [6.45, 7) is 4.09. The average Bonchev–Trinajstić information content (AvgIpc) is 3.19. The van der Waals surface area contributed by atoms with Gasteiger partial charge in [0.25, 0.3) is 0 Å². The van der Waals surface area contributed by atoms with Crippen LogP contribution in [0, 0.1) is 13.8 Å². The van der Waals surface area contributed by atoms with Crippen LogP contribution >= 0.6 is 0 Å². The molecule has 1 atom stereocenters. The van der Waals surface area contributed by atoms with Crippen molar-refractivity contribution < 1.29 is 12.8 Å². The summed E-state index contributed by atoms with van der Waals surface area (Å²) in [5, 5.41) is 4.31. The molecule has 9 heteroatoms. The van der Waals surface area contributed by atoms with Gasteiger partial charge < -0.3 is 4.42 Å². The number of hydrogen-bond acceptors (Lipinski definition) is 6. The van der Waals surface area contributed by atoms with E-state index in [2.05, 4.69) is 19.8 Å². The monoisotopic (exact) mass is 373 g/mol. The minimum atomic E-state index is -3.60. The summed E-state index contributed by atoms with van der Waals surface area (Å²) in [4.78, 5) is 8.81. The highest BCUT2D eigenvalue weighted by Gasteiger charge is 2.26. The van der Waals surface area contributed by atoms with Gasteiger partial charge in [-0.1, -0.05) is 12.1 Å². The van der Waals surface area contributed by atoms with E-state index in [1.165, 1.54) is 0 Å². The third-order valence-corrected chi connectivity index (χ3v) is 5.90. The van der Waals surface area contributed by atoms with Gasteiger partial charge in [0.05, 0.1) is 11.4 Å². The molecule has 1 aliphatic rings. The third kappa shape index (κ3) is 3.27. The van der Waals surface area contributed by atoms with E-state index >= 15 is 0 Å². The van der Waals surface area contributed by atoms with E-state index in [0.29, 0.717) is 36.8 Å². The van der Waals surface area contributed by atoms with Crippen molar-refractivity contribution in [2.45, 2.75) is 44.2 Å². The molecular formula is C17H19N5O3S. The lowest BCUT2D eigenvalue weighted by atomic mass is 10.1. The zero-order valence-corrected chi connectivity index (χ0v) is 15.3. The minimum Gasteiger partial charge on any atom is -0.449 e. The quantitative estimate of drug-likeness (QED) is 0.748. The Morgan fingerprint density at radius 1 is 1.19 bits per heavy atom. The Kier molecular flexibility index (Phi) is 4.12. The van der Waals surface area contributed by atoms with Crippen LogP contribution in [0.1, 0.15) is 24.0 Å². The van der Waals surface area contributed by atoms with Crippen molar-refractivity contribution in [3.63, 3.8) is 0 Å². The van der Waals surface area contributed by atoms with Crippen LogP contribution in [-0.4, -0.2) is 34.2 Å². The molecule has 136 valence electrons. The lowest BCUT2D eigenvalue weighted by Gasteiger charge is -2.23. The molecule has 0 bridgehead atoms. The molecule has 1 aliphatic heterocycles. The highest BCUT2D eigenvalue weighted by Crippen LogP contribution is 2.21. The molecule has 0 fully saturated rings. The molecule has 0 saturated carbocycles. The molecule has 0 unspecified atom stereocenters. The van der Waals surface area contributed by atoms with E-state index in [1.54, 1.807) is 42.1 Å². The van der Waals surface area contributed by atoms with Crippen molar-refractivity contribution in [2.75, 3.05) is 0 Å². The molecule has 3 aromatic rings. The van der Waals surface area contributed by atoms with Gasteiger partial charge in [-0.3, -0.25) is 0 Å². The summed E-state index contributed by atoms with van der Waals surface area (Å²) in [5.74, 6) is 2.19. The van der Waals surface area contributed by atoms with Crippen LogP contribution in [0.5, 0.6) is 0 Å².